The largest absolute Gasteiger partial charge is 0.303 e. The van der Waals surface area contributed by atoms with Crippen molar-refractivity contribution in [2.75, 3.05) is 13.6 Å². The maximum absolute atomic E-state index is 2.47. The molecule has 0 aliphatic rings. The van der Waals surface area contributed by atoms with Gasteiger partial charge in [0.05, 0.1) is 0 Å². The molecule has 0 radical (unpaired) electrons. The molecule has 2 aromatic carbocycles. The van der Waals surface area contributed by atoms with Crippen molar-refractivity contribution in [1.82, 2.24) is 4.90 Å². The zero-order valence-electron chi connectivity index (χ0n) is 12.6. The number of hydrogen-bond donors (Lipinski definition) is 0. The molecule has 2 aromatic rings. The van der Waals surface area contributed by atoms with Crippen LogP contribution >= 0.6 is 0 Å². The molecule has 0 aromatic heterocycles. The number of rotatable bonds is 7. The van der Waals surface area contributed by atoms with E-state index in [9.17, 15) is 0 Å². The van der Waals surface area contributed by atoms with Crippen molar-refractivity contribution < 1.29 is 0 Å². The predicted octanol–water partition coefficient (Wildman–Crippen LogP) is 4.18. The molecule has 1 unspecified atom stereocenters. The highest BCUT2D eigenvalue weighted by Gasteiger charge is 2.09. The van der Waals surface area contributed by atoms with E-state index in [1.165, 1.54) is 17.5 Å². The van der Waals surface area contributed by atoms with Crippen molar-refractivity contribution in [3.05, 3.63) is 71.8 Å². The van der Waals surface area contributed by atoms with Gasteiger partial charge in [-0.2, -0.15) is 0 Å². The minimum Gasteiger partial charge on any atom is -0.303 e. The summed E-state index contributed by atoms with van der Waals surface area (Å²) in [6.45, 7) is 3.45. The first-order valence-electron chi connectivity index (χ1n) is 7.54. The predicted molar refractivity (Wildman–Crippen MR) is 87.0 cm³/mol. The van der Waals surface area contributed by atoms with Gasteiger partial charge in [0.15, 0.2) is 0 Å². The van der Waals surface area contributed by atoms with Gasteiger partial charge in [-0.15, -0.1) is 0 Å². The van der Waals surface area contributed by atoms with Crippen molar-refractivity contribution in [3.63, 3.8) is 0 Å². The molecule has 0 N–H and O–H groups in total. The molecule has 0 saturated carbocycles. The zero-order chi connectivity index (χ0) is 14.2. The Kier molecular flexibility index (Phi) is 5.82. The van der Waals surface area contributed by atoms with Gasteiger partial charge < -0.3 is 4.90 Å². The molecular weight excluding hydrogens is 242 g/mol. The Morgan fingerprint density at radius 1 is 0.800 bits per heavy atom. The van der Waals surface area contributed by atoms with Crippen LogP contribution in [0.5, 0.6) is 0 Å². The van der Waals surface area contributed by atoms with Gasteiger partial charge in [0.25, 0.3) is 0 Å². The summed E-state index contributed by atoms with van der Waals surface area (Å²) in [6.07, 6.45) is 3.51. The van der Waals surface area contributed by atoms with Crippen LogP contribution in [0.3, 0.4) is 0 Å². The first-order valence-corrected chi connectivity index (χ1v) is 7.54. The van der Waals surface area contributed by atoms with Gasteiger partial charge in [0.1, 0.15) is 0 Å². The minimum absolute atomic E-state index is 0.624. The second kappa shape index (κ2) is 7.86. The van der Waals surface area contributed by atoms with Crippen LogP contribution in [-0.4, -0.2) is 24.5 Å². The van der Waals surface area contributed by atoms with E-state index in [1.54, 1.807) is 0 Å². The van der Waals surface area contributed by atoms with E-state index in [0.29, 0.717) is 6.04 Å². The third-order valence-corrected chi connectivity index (χ3v) is 4.04. The Hall–Kier alpha value is -1.60. The van der Waals surface area contributed by atoms with Crippen LogP contribution in [0, 0.1) is 0 Å². The zero-order valence-corrected chi connectivity index (χ0v) is 12.6. The fourth-order valence-electron chi connectivity index (χ4n) is 2.41. The van der Waals surface area contributed by atoms with Crippen molar-refractivity contribution in [2.45, 2.75) is 32.2 Å². The van der Waals surface area contributed by atoms with Gasteiger partial charge in [-0.25, -0.2) is 0 Å². The molecule has 20 heavy (non-hydrogen) atoms. The van der Waals surface area contributed by atoms with Gasteiger partial charge in [0.2, 0.25) is 0 Å². The first kappa shape index (κ1) is 14.8. The van der Waals surface area contributed by atoms with Crippen LogP contribution in [-0.2, 0) is 12.8 Å². The number of aryl methyl sites for hydroxylation is 1. The Morgan fingerprint density at radius 3 is 1.85 bits per heavy atom. The molecule has 0 fully saturated rings. The van der Waals surface area contributed by atoms with Gasteiger partial charge in [-0.1, -0.05) is 60.7 Å². The number of nitrogens with zero attached hydrogens (tertiary/aromatic N) is 1. The normalized spacial score (nSPS) is 12.6. The summed E-state index contributed by atoms with van der Waals surface area (Å²) in [5.41, 5.74) is 2.87. The molecule has 0 spiro atoms. The van der Waals surface area contributed by atoms with E-state index in [1.807, 2.05) is 0 Å². The van der Waals surface area contributed by atoms with Crippen molar-refractivity contribution in [2.24, 2.45) is 0 Å². The molecule has 106 valence electrons. The number of hydrogen-bond acceptors (Lipinski definition) is 1. The lowest BCUT2D eigenvalue weighted by Gasteiger charge is -2.24. The highest BCUT2D eigenvalue weighted by molar-refractivity contribution is 5.15. The lowest BCUT2D eigenvalue weighted by molar-refractivity contribution is 0.249. The molecular formula is C19H25N. The van der Waals surface area contributed by atoms with Crippen molar-refractivity contribution >= 4 is 0 Å². The Morgan fingerprint density at radius 2 is 1.30 bits per heavy atom. The number of likely N-dealkylation sites (N-methyl/N-ethyl adjacent to an activating group) is 1. The summed E-state index contributed by atoms with van der Waals surface area (Å²) in [4.78, 5) is 2.47. The molecule has 0 aliphatic heterocycles. The van der Waals surface area contributed by atoms with Gasteiger partial charge >= 0.3 is 0 Å². The Labute approximate surface area is 123 Å². The summed E-state index contributed by atoms with van der Waals surface area (Å²) in [7, 11) is 2.23. The molecule has 1 nitrogen and oxygen atoms in total. The van der Waals surface area contributed by atoms with Crippen LogP contribution in [0.15, 0.2) is 60.7 Å². The van der Waals surface area contributed by atoms with Crippen LogP contribution in [0.1, 0.15) is 24.5 Å². The first-order chi connectivity index (χ1) is 9.75. The van der Waals surface area contributed by atoms with Gasteiger partial charge in [-0.3, -0.25) is 0 Å². The molecule has 0 heterocycles. The van der Waals surface area contributed by atoms with Crippen molar-refractivity contribution in [1.29, 1.82) is 0 Å². The monoisotopic (exact) mass is 267 g/mol. The highest BCUT2D eigenvalue weighted by Crippen LogP contribution is 2.09. The third kappa shape index (κ3) is 4.82. The highest BCUT2D eigenvalue weighted by atomic mass is 15.1. The Balaban J connectivity index is 1.73. The lowest BCUT2D eigenvalue weighted by Crippen LogP contribution is -2.31. The van der Waals surface area contributed by atoms with Gasteiger partial charge in [0, 0.05) is 12.6 Å². The average Bonchev–Trinajstić information content (AvgIpc) is 2.52. The summed E-state index contributed by atoms with van der Waals surface area (Å²) in [5, 5.41) is 0. The lowest BCUT2D eigenvalue weighted by atomic mass is 10.0. The SMILES string of the molecule is CC(CCc1ccccc1)N(C)CCc1ccccc1. The van der Waals surface area contributed by atoms with Crippen LogP contribution in [0.2, 0.25) is 0 Å². The van der Waals surface area contributed by atoms with Crippen LogP contribution < -0.4 is 0 Å². The van der Waals surface area contributed by atoms with Crippen LogP contribution in [0.25, 0.3) is 0 Å². The molecule has 0 amide bonds. The van der Waals surface area contributed by atoms with E-state index in [2.05, 4.69) is 79.5 Å². The smallest absolute Gasteiger partial charge is 0.00671 e. The van der Waals surface area contributed by atoms with E-state index in [-0.39, 0.29) is 0 Å². The van der Waals surface area contributed by atoms with E-state index in [0.717, 1.165) is 19.4 Å². The third-order valence-electron chi connectivity index (χ3n) is 4.04. The van der Waals surface area contributed by atoms with Crippen molar-refractivity contribution in [3.8, 4) is 0 Å². The molecule has 1 atom stereocenters. The summed E-state index contributed by atoms with van der Waals surface area (Å²) in [6, 6.07) is 22.1. The van der Waals surface area contributed by atoms with E-state index < -0.39 is 0 Å². The summed E-state index contributed by atoms with van der Waals surface area (Å²) < 4.78 is 0. The molecule has 0 bridgehead atoms. The molecule has 1 heteroatoms. The summed E-state index contributed by atoms with van der Waals surface area (Å²) in [5.74, 6) is 0. The standard InChI is InChI=1S/C19H25N/c1-17(13-14-18-9-5-3-6-10-18)20(2)16-15-19-11-7-4-8-12-19/h3-12,17H,13-16H2,1-2H3. The fourth-order valence-corrected chi connectivity index (χ4v) is 2.41. The topological polar surface area (TPSA) is 3.24 Å². The fraction of sp³-hybridized carbons (Fsp3) is 0.368. The Bertz CT molecular complexity index is 430. The summed E-state index contributed by atoms with van der Waals surface area (Å²) >= 11 is 0. The maximum Gasteiger partial charge on any atom is 0.00671 e. The van der Waals surface area contributed by atoms with E-state index >= 15 is 0 Å². The van der Waals surface area contributed by atoms with E-state index in [4.69, 9.17) is 0 Å². The molecule has 0 aliphatic carbocycles. The molecule has 0 saturated heterocycles. The quantitative estimate of drug-likeness (QED) is 0.727. The van der Waals surface area contributed by atoms with Gasteiger partial charge in [-0.05, 0) is 44.4 Å². The number of benzene rings is 2. The second-order valence-corrected chi connectivity index (χ2v) is 5.59. The minimum atomic E-state index is 0.624. The maximum atomic E-state index is 2.47. The molecule has 2 rings (SSSR count). The average molecular weight is 267 g/mol. The van der Waals surface area contributed by atoms with Crippen LogP contribution in [0.4, 0.5) is 0 Å². The second-order valence-electron chi connectivity index (χ2n) is 5.59.